The molecule has 14 rings (SSSR count). The molecule has 4 nitrogen and oxygen atoms in total. The van der Waals surface area contributed by atoms with Crippen LogP contribution >= 0.6 is 0 Å². The van der Waals surface area contributed by atoms with Crippen molar-refractivity contribution in [3.63, 3.8) is 0 Å². The van der Waals surface area contributed by atoms with Gasteiger partial charge in [0.2, 0.25) is 0 Å². The monoisotopic (exact) mass is 764 g/mol. The highest BCUT2D eigenvalue weighted by atomic mass is 16.3. The molecule has 0 saturated heterocycles. The van der Waals surface area contributed by atoms with Crippen molar-refractivity contribution in [3.05, 3.63) is 194 Å². The van der Waals surface area contributed by atoms with Gasteiger partial charge in [-0.15, -0.1) is 0 Å². The Bertz CT molecular complexity index is 4030. The largest absolute Gasteiger partial charge is 0.456 e. The van der Waals surface area contributed by atoms with Crippen LogP contribution < -0.4 is 0 Å². The van der Waals surface area contributed by atoms with Gasteiger partial charge in [0.25, 0.3) is 0 Å². The van der Waals surface area contributed by atoms with Gasteiger partial charge in [0.15, 0.2) is 0 Å². The Labute approximate surface area is 342 Å². The molecule has 0 amide bonds. The van der Waals surface area contributed by atoms with Gasteiger partial charge in [0, 0.05) is 60.0 Å². The van der Waals surface area contributed by atoms with E-state index in [-0.39, 0.29) is 0 Å². The molecule has 10 aromatic carbocycles. The molecule has 0 aliphatic carbocycles. The van der Waals surface area contributed by atoms with Crippen LogP contribution in [0.2, 0.25) is 0 Å². The summed E-state index contributed by atoms with van der Waals surface area (Å²) in [6.07, 6.45) is 0. The number of aromatic nitrogens is 2. The molecule has 4 heterocycles. The summed E-state index contributed by atoms with van der Waals surface area (Å²) in [4.78, 5) is 0. The standard InChI is InChI=1S/C56H32N2O2/c1-2-14-36-33(13-1)29-43(38-16-4-3-15-37(36)38)44-32-53-54(45-30-34(25-27-51(45)59-53)57-47-21-9-5-17-39(47)40-18-6-10-22-48(40)57)55-46-31-35(26-28-52(46)60-56(44)55)58-49-23-11-7-19-41(49)42-20-8-12-24-50(42)58/h1-32H. The maximum atomic E-state index is 7.13. The smallest absolute Gasteiger partial charge is 0.144 e. The number of benzene rings is 10. The first kappa shape index (κ1) is 31.9. The minimum absolute atomic E-state index is 0.828. The molecule has 60 heavy (non-hydrogen) atoms. The summed E-state index contributed by atoms with van der Waals surface area (Å²) in [6.45, 7) is 0. The second kappa shape index (κ2) is 11.8. The summed E-state index contributed by atoms with van der Waals surface area (Å²) < 4.78 is 18.8. The fraction of sp³-hybridized carbons (Fsp3) is 0. The quantitative estimate of drug-likeness (QED) is 0.168. The topological polar surface area (TPSA) is 36.1 Å². The lowest BCUT2D eigenvalue weighted by atomic mass is 9.91. The summed E-state index contributed by atoms with van der Waals surface area (Å²) in [7, 11) is 0. The van der Waals surface area contributed by atoms with Crippen LogP contribution in [-0.2, 0) is 0 Å². The van der Waals surface area contributed by atoms with Crippen molar-refractivity contribution in [2.24, 2.45) is 0 Å². The fourth-order valence-corrected chi connectivity index (χ4v) is 10.3. The van der Waals surface area contributed by atoms with E-state index in [1.807, 2.05) is 0 Å². The Balaban J connectivity index is 1.13. The van der Waals surface area contributed by atoms with Gasteiger partial charge < -0.3 is 18.0 Å². The molecule has 0 N–H and O–H groups in total. The van der Waals surface area contributed by atoms with Crippen molar-refractivity contribution in [1.29, 1.82) is 0 Å². The average Bonchev–Trinajstić information content (AvgIpc) is 4.06. The van der Waals surface area contributed by atoms with E-state index in [1.165, 1.54) is 65.2 Å². The molecule has 278 valence electrons. The second-order valence-electron chi connectivity index (χ2n) is 16.0. The zero-order valence-electron chi connectivity index (χ0n) is 32.2. The first-order valence-corrected chi connectivity index (χ1v) is 20.5. The number of rotatable bonds is 3. The summed E-state index contributed by atoms with van der Waals surface area (Å²) in [5, 5.41) is 13.9. The highest BCUT2D eigenvalue weighted by Gasteiger charge is 2.24. The predicted octanol–water partition coefficient (Wildman–Crippen LogP) is 15.7. The lowest BCUT2D eigenvalue weighted by Crippen LogP contribution is -1.93. The number of hydrogen-bond donors (Lipinski definition) is 0. The maximum absolute atomic E-state index is 7.13. The summed E-state index contributed by atoms with van der Waals surface area (Å²) >= 11 is 0. The van der Waals surface area contributed by atoms with Crippen LogP contribution in [0.25, 0.3) is 132 Å². The van der Waals surface area contributed by atoms with E-state index in [1.54, 1.807) is 0 Å². The highest BCUT2D eigenvalue weighted by molar-refractivity contribution is 6.30. The van der Waals surface area contributed by atoms with Gasteiger partial charge in [0.05, 0.1) is 22.1 Å². The first-order valence-electron chi connectivity index (χ1n) is 20.5. The van der Waals surface area contributed by atoms with E-state index in [4.69, 9.17) is 8.83 Å². The van der Waals surface area contributed by atoms with Gasteiger partial charge in [0.1, 0.15) is 22.3 Å². The third kappa shape index (κ3) is 4.24. The number of fused-ring (bicyclic) bond motifs is 16. The molecule has 14 aromatic rings. The minimum Gasteiger partial charge on any atom is -0.456 e. The van der Waals surface area contributed by atoms with Crippen LogP contribution in [0.15, 0.2) is 203 Å². The van der Waals surface area contributed by atoms with E-state index >= 15 is 0 Å². The molecular formula is C56H32N2O2. The molecular weight excluding hydrogens is 733 g/mol. The van der Waals surface area contributed by atoms with Gasteiger partial charge in [-0.2, -0.15) is 0 Å². The minimum atomic E-state index is 0.828. The Kier molecular flexibility index (Phi) is 6.26. The van der Waals surface area contributed by atoms with Gasteiger partial charge in [-0.1, -0.05) is 121 Å². The van der Waals surface area contributed by atoms with Crippen LogP contribution in [0.3, 0.4) is 0 Å². The van der Waals surface area contributed by atoms with Crippen LogP contribution in [0.1, 0.15) is 0 Å². The molecule has 0 unspecified atom stereocenters. The number of para-hydroxylation sites is 4. The van der Waals surface area contributed by atoms with E-state index in [9.17, 15) is 0 Å². The van der Waals surface area contributed by atoms with Crippen molar-refractivity contribution in [1.82, 2.24) is 9.13 Å². The molecule has 0 fully saturated rings. The number of furan rings is 2. The maximum Gasteiger partial charge on any atom is 0.144 e. The second-order valence-corrected chi connectivity index (χ2v) is 16.0. The Morgan fingerprint density at radius 2 is 0.733 bits per heavy atom. The van der Waals surface area contributed by atoms with Gasteiger partial charge in [-0.05, 0) is 99.9 Å². The number of hydrogen-bond acceptors (Lipinski definition) is 2. The molecule has 0 radical (unpaired) electrons. The molecule has 0 saturated carbocycles. The molecule has 4 heteroatoms. The van der Waals surface area contributed by atoms with Gasteiger partial charge in [-0.25, -0.2) is 0 Å². The van der Waals surface area contributed by atoms with Crippen LogP contribution in [0.4, 0.5) is 0 Å². The van der Waals surface area contributed by atoms with Crippen LogP contribution in [-0.4, -0.2) is 9.13 Å². The lowest BCUT2D eigenvalue weighted by Gasteiger charge is -2.12. The van der Waals surface area contributed by atoms with Crippen molar-refractivity contribution in [3.8, 4) is 22.5 Å². The lowest BCUT2D eigenvalue weighted by molar-refractivity contribution is 0.664. The molecule has 0 spiro atoms. The summed E-state index contributed by atoms with van der Waals surface area (Å²) in [5.41, 5.74) is 12.3. The third-order valence-electron chi connectivity index (χ3n) is 12.9. The Hall–Kier alpha value is -8.08. The average molecular weight is 765 g/mol. The van der Waals surface area contributed by atoms with Crippen molar-refractivity contribution >= 4 is 109 Å². The van der Waals surface area contributed by atoms with Crippen LogP contribution in [0, 0.1) is 0 Å². The SMILES string of the molecule is c1ccc2c(c1)cc(-c1cc3oc4ccc(-n5c6ccccc6c6ccccc65)cc4c3c3c1oc1ccc(-n4c5ccccc5c5ccccc54)cc13)c1ccccc12. The number of nitrogens with zero attached hydrogens (tertiary/aromatic N) is 2. The van der Waals surface area contributed by atoms with E-state index in [0.717, 1.165) is 66.4 Å². The summed E-state index contributed by atoms with van der Waals surface area (Å²) in [6, 6.07) is 69.9. The van der Waals surface area contributed by atoms with Crippen molar-refractivity contribution in [2.45, 2.75) is 0 Å². The summed E-state index contributed by atoms with van der Waals surface area (Å²) in [5.74, 6) is 0. The van der Waals surface area contributed by atoms with Crippen molar-refractivity contribution < 1.29 is 8.83 Å². The third-order valence-corrected chi connectivity index (χ3v) is 12.9. The van der Waals surface area contributed by atoms with Crippen molar-refractivity contribution in [2.75, 3.05) is 0 Å². The molecule has 4 aromatic heterocycles. The zero-order chi connectivity index (χ0) is 39.1. The van der Waals surface area contributed by atoms with E-state index < -0.39 is 0 Å². The molecule has 0 bridgehead atoms. The van der Waals surface area contributed by atoms with E-state index in [2.05, 4.69) is 203 Å². The molecule has 0 aliphatic heterocycles. The normalized spacial score (nSPS) is 12.3. The Morgan fingerprint density at radius 1 is 0.283 bits per heavy atom. The molecule has 0 atom stereocenters. The predicted molar refractivity (Wildman–Crippen MR) is 250 cm³/mol. The van der Waals surface area contributed by atoms with Gasteiger partial charge >= 0.3 is 0 Å². The Morgan fingerprint density at radius 3 is 1.30 bits per heavy atom. The van der Waals surface area contributed by atoms with E-state index in [0.29, 0.717) is 0 Å². The van der Waals surface area contributed by atoms with Gasteiger partial charge in [-0.3, -0.25) is 0 Å². The first-order chi connectivity index (χ1) is 29.8. The highest BCUT2D eigenvalue weighted by Crippen LogP contribution is 2.48. The zero-order valence-corrected chi connectivity index (χ0v) is 32.2. The molecule has 0 aliphatic rings. The fourth-order valence-electron chi connectivity index (χ4n) is 10.3. The van der Waals surface area contributed by atoms with Crippen LogP contribution in [0.5, 0.6) is 0 Å².